The molecule has 2 saturated heterocycles. The second kappa shape index (κ2) is 27.3. The molecule has 0 saturated carbocycles. The monoisotopic (exact) mass is 1070 g/mol. The minimum atomic E-state index is -1.94. The molecule has 3 aromatic rings. The van der Waals surface area contributed by atoms with E-state index in [0.29, 0.717) is 28.9 Å². The molecular weight excluding hydrogens is 1000 g/mol. The number of aliphatic hydroxyl groups is 2. The molecule has 2 fully saturated rings. The number of cyclic esters (lactones) is 1. The van der Waals surface area contributed by atoms with E-state index in [1.807, 2.05) is 0 Å². The topological polar surface area (TPSA) is 340 Å². The third-order valence-corrected chi connectivity index (χ3v) is 13.9. The van der Waals surface area contributed by atoms with Gasteiger partial charge in [-0.2, -0.15) is 0 Å². The second-order valence-corrected chi connectivity index (χ2v) is 19.9. The first kappa shape index (κ1) is 60.1. The number of hydrogen-bond donors (Lipinski definition) is 10. The van der Waals surface area contributed by atoms with Crippen molar-refractivity contribution in [1.29, 1.82) is 0 Å². The number of carboxylic acids is 1. The summed E-state index contributed by atoms with van der Waals surface area (Å²) in [4.78, 5) is 130. The van der Waals surface area contributed by atoms with Crippen molar-refractivity contribution in [2.75, 3.05) is 14.2 Å². The summed E-state index contributed by atoms with van der Waals surface area (Å²) in [5.74, 6) is -10.4. The summed E-state index contributed by atoms with van der Waals surface area (Å²) < 4.78 is 11.2. The molecule has 2 bridgehead atoms. The van der Waals surface area contributed by atoms with Crippen LogP contribution in [0.3, 0.4) is 0 Å². The number of amides is 7. The predicted octanol–water partition coefficient (Wildman–Crippen LogP) is 0.568. The van der Waals surface area contributed by atoms with Gasteiger partial charge in [0.25, 0.3) is 0 Å². The number of nitrogens with zero attached hydrogens (tertiary/aromatic N) is 2. The third kappa shape index (κ3) is 16.1. The highest BCUT2D eigenvalue weighted by Gasteiger charge is 2.46. The Hall–Kier alpha value is -7.79. The Bertz CT molecular complexity index is 2580. The van der Waals surface area contributed by atoms with Crippen LogP contribution in [0, 0.1) is 11.8 Å². The number of aromatic hydroxyl groups is 2. The van der Waals surface area contributed by atoms with Gasteiger partial charge >= 0.3 is 11.9 Å². The van der Waals surface area contributed by atoms with Crippen LogP contribution in [0.25, 0.3) is 0 Å². The number of fused-ring (bicyclic) bond motifs is 2. The zero-order chi connectivity index (χ0) is 56.8. The fourth-order valence-electron chi connectivity index (χ4n) is 8.95. The van der Waals surface area contributed by atoms with Crippen LogP contribution in [0.4, 0.5) is 0 Å². The number of carbonyl (C=O) groups is 9. The van der Waals surface area contributed by atoms with Crippen LogP contribution < -0.4 is 31.3 Å². The average molecular weight is 1070 g/mol. The van der Waals surface area contributed by atoms with Crippen molar-refractivity contribution in [2.24, 2.45) is 11.8 Å². The molecule has 0 aromatic heterocycles. The number of nitrogens with one attached hydrogen (secondary N) is 5. The van der Waals surface area contributed by atoms with Gasteiger partial charge in [-0.3, -0.25) is 38.4 Å². The van der Waals surface area contributed by atoms with Gasteiger partial charge in [0, 0.05) is 32.7 Å². The first-order valence-corrected chi connectivity index (χ1v) is 25.5. The van der Waals surface area contributed by atoms with Crippen LogP contribution in [-0.2, 0) is 67.2 Å². The molecule has 11 atom stereocenters. The summed E-state index contributed by atoms with van der Waals surface area (Å²) in [6.45, 7) is 7.66. The minimum Gasteiger partial charge on any atom is -0.508 e. The van der Waals surface area contributed by atoms with Gasteiger partial charge in [-0.15, -0.1) is 0 Å². The summed E-state index contributed by atoms with van der Waals surface area (Å²) in [5.41, 5.74) is 1.35. The van der Waals surface area contributed by atoms with Crippen molar-refractivity contribution in [3.63, 3.8) is 0 Å². The van der Waals surface area contributed by atoms with Gasteiger partial charge < -0.3 is 71.4 Å². The maximum Gasteiger partial charge on any atom is 0.329 e. The minimum absolute atomic E-state index is 0.0885. The van der Waals surface area contributed by atoms with Crippen molar-refractivity contribution in [2.45, 2.75) is 147 Å². The number of carbonyl (C=O) groups excluding carboxylic acids is 8. The lowest BCUT2D eigenvalue weighted by Crippen LogP contribution is -2.65. The van der Waals surface area contributed by atoms with Gasteiger partial charge in [-0.25, -0.2) is 4.79 Å². The van der Waals surface area contributed by atoms with E-state index >= 15 is 4.79 Å². The number of piperidine rings is 1. The SMILES string of the molecule is CC[C@H](C)[C@H](O)C(=O)N[C@@H](CCC(=O)O)C(=O)N[C@@H]1C(=O)N[C@@H](Cc2ccc(O)cc2)C(=O)N[C@H]2CC[C@@H](O)N(C2=O)[C@@H](Cc2ccc(OC)cc2)C(=O)N(C)[C@@H](Cc2ccc(O)cc2)C(=O)N[C@@H](C(C)C)C(=O)O[C@@H]1C. The summed E-state index contributed by atoms with van der Waals surface area (Å²) in [6, 6.07) is 6.76. The molecule has 0 unspecified atom stereocenters. The summed E-state index contributed by atoms with van der Waals surface area (Å²) >= 11 is 0. The molecule has 0 spiro atoms. The number of phenols is 2. The van der Waals surface area contributed by atoms with Crippen molar-refractivity contribution in [1.82, 2.24) is 36.4 Å². The molecule has 2 aliphatic heterocycles. The summed E-state index contributed by atoms with van der Waals surface area (Å²) in [5, 5.41) is 64.8. The number of esters is 1. The number of likely N-dealkylation sites (N-methyl/N-ethyl adjacent to an activating group) is 1. The quantitative estimate of drug-likeness (QED) is 0.0826. The number of phenolic OH excluding ortho intramolecular Hbond substituents is 2. The lowest BCUT2D eigenvalue weighted by atomic mass is 9.95. The van der Waals surface area contributed by atoms with Crippen molar-refractivity contribution >= 4 is 53.3 Å². The van der Waals surface area contributed by atoms with E-state index in [-0.39, 0.29) is 43.6 Å². The highest BCUT2D eigenvalue weighted by molar-refractivity contribution is 5.98. The van der Waals surface area contributed by atoms with Crippen molar-refractivity contribution in [3.05, 3.63) is 89.5 Å². The molecule has 10 N–H and O–H groups in total. The highest BCUT2D eigenvalue weighted by Crippen LogP contribution is 2.27. The van der Waals surface area contributed by atoms with Gasteiger partial charge in [0.15, 0.2) is 0 Å². The number of aliphatic carboxylic acids is 1. The van der Waals surface area contributed by atoms with E-state index in [9.17, 15) is 63.9 Å². The fourth-order valence-corrected chi connectivity index (χ4v) is 8.95. The molecule has 2 aliphatic rings. The zero-order valence-corrected chi connectivity index (χ0v) is 44.1. The number of carboxylic acid groups (broad SMARTS) is 1. The zero-order valence-electron chi connectivity index (χ0n) is 44.1. The lowest BCUT2D eigenvalue weighted by molar-refractivity contribution is -0.165. The van der Waals surface area contributed by atoms with Crippen molar-refractivity contribution in [3.8, 4) is 17.2 Å². The summed E-state index contributed by atoms with van der Waals surface area (Å²) in [7, 11) is 2.78. The molecule has 3 aromatic carbocycles. The Labute approximate surface area is 446 Å². The van der Waals surface area contributed by atoms with E-state index in [1.54, 1.807) is 52.0 Å². The Kier molecular flexibility index (Phi) is 21.3. The Morgan fingerprint density at radius 3 is 1.86 bits per heavy atom. The van der Waals surface area contributed by atoms with Crippen LogP contribution in [-0.4, -0.2) is 164 Å². The maximum absolute atomic E-state index is 15.2. The first-order valence-electron chi connectivity index (χ1n) is 25.5. The number of ether oxygens (including phenoxy) is 2. The van der Waals surface area contributed by atoms with E-state index in [4.69, 9.17) is 9.47 Å². The maximum atomic E-state index is 15.2. The average Bonchev–Trinajstić information content (AvgIpc) is 3.39. The third-order valence-electron chi connectivity index (χ3n) is 13.9. The van der Waals surface area contributed by atoms with E-state index in [1.165, 1.54) is 69.6 Å². The number of rotatable bonds is 17. The number of benzene rings is 3. The van der Waals surface area contributed by atoms with Crippen molar-refractivity contribution < 1.29 is 78.2 Å². The molecule has 23 nitrogen and oxygen atoms in total. The molecular formula is C54H71N7O16. The molecule has 23 heteroatoms. The van der Waals surface area contributed by atoms with Crippen LogP contribution in [0.1, 0.15) is 83.4 Å². The number of aliphatic hydroxyl groups excluding tert-OH is 2. The van der Waals surface area contributed by atoms with E-state index in [0.717, 1.165) is 9.80 Å². The molecule has 0 radical (unpaired) electrons. The Balaban J connectivity index is 1.66. The van der Waals surface area contributed by atoms with Gasteiger partial charge in [0.05, 0.1) is 7.11 Å². The summed E-state index contributed by atoms with van der Waals surface area (Å²) in [6.07, 6.45) is -6.74. The Morgan fingerprint density at radius 1 is 0.753 bits per heavy atom. The van der Waals surface area contributed by atoms with E-state index in [2.05, 4.69) is 26.6 Å². The molecule has 0 aliphatic carbocycles. The van der Waals surface area contributed by atoms with Gasteiger partial charge in [0.2, 0.25) is 41.4 Å². The fraction of sp³-hybridized carbons (Fsp3) is 0.500. The number of methoxy groups -OCH3 is 1. The first-order chi connectivity index (χ1) is 36.4. The molecule has 7 amide bonds. The lowest BCUT2D eigenvalue weighted by Gasteiger charge is -2.43. The van der Waals surface area contributed by atoms with Crippen LogP contribution in [0.15, 0.2) is 72.8 Å². The largest absolute Gasteiger partial charge is 0.508 e. The Morgan fingerprint density at radius 2 is 1.31 bits per heavy atom. The molecule has 2 heterocycles. The van der Waals surface area contributed by atoms with E-state index < -0.39 is 139 Å². The van der Waals surface area contributed by atoms with Crippen LogP contribution in [0.2, 0.25) is 0 Å². The van der Waals surface area contributed by atoms with Crippen LogP contribution in [0.5, 0.6) is 17.2 Å². The molecule has 5 rings (SSSR count). The standard InChI is InChI=1S/C54H71N7O16/c1-8-29(4)46(67)51(72)55-37(22-24-43(65)66)47(68)59-45-30(5)77-54(75)44(28(2)3)58-49(70)40(26-32-11-17-35(63)18-12-32)60(6)53(74)41(27-33-13-19-36(76-7)20-14-33)61-42(64)23-21-38(52(61)73)56-48(69)39(57-50(45)71)25-31-9-15-34(62)16-10-31/h9-20,28-30,37-42,44-46,62-64,67H,8,21-27H2,1-7H3,(H,55,72)(H,56,69)(H,57,71)(H,58,70)(H,59,68)(H,65,66)/t29-,30+,37-,38-,39-,40-,41-,42+,44-,45-,46-/m0/s1. The van der Waals surface area contributed by atoms with Gasteiger partial charge in [-0.1, -0.05) is 70.5 Å². The number of hydrogen-bond acceptors (Lipinski definition) is 15. The van der Waals surface area contributed by atoms with Gasteiger partial charge in [-0.05, 0) is 91.1 Å². The van der Waals surface area contributed by atoms with Gasteiger partial charge in [0.1, 0.15) is 78.0 Å². The molecule has 418 valence electrons. The second-order valence-electron chi connectivity index (χ2n) is 19.9. The normalized spacial score (nSPS) is 24.1. The smallest absolute Gasteiger partial charge is 0.329 e. The van der Waals surface area contributed by atoms with Crippen LogP contribution >= 0.6 is 0 Å². The molecule has 77 heavy (non-hydrogen) atoms. The predicted molar refractivity (Wildman–Crippen MR) is 275 cm³/mol. The highest BCUT2D eigenvalue weighted by atomic mass is 16.5.